The number of ether oxygens (including phenoxy) is 1. The summed E-state index contributed by atoms with van der Waals surface area (Å²) in [5.74, 6) is -0.113. The molecule has 0 aliphatic heterocycles. The van der Waals surface area contributed by atoms with Gasteiger partial charge in [0.05, 0.1) is 12.7 Å². The number of aromatic carboxylic acids is 1. The summed E-state index contributed by atoms with van der Waals surface area (Å²) in [6, 6.07) is 9.30. The molecule has 0 atom stereocenters. The number of carboxylic acids is 1. The molecule has 1 heterocycles. The second kappa shape index (κ2) is 4.59. The van der Waals surface area contributed by atoms with Gasteiger partial charge in [-0.15, -0.1) is 11.3 Å². The number of benzene rings is 1. The molecule has 0 radical (unpaired) electrons. The number of carboxylic acid groups (broad SMARTS) is 1. The third-order valence-corrected chi connectivity index (χ3v) is 3.60. The highest BCUT2D eigenvalue weighted by Gasteiger charge is 2.13. The maximum absolute atomic E-state index is 11.0. The number of rotatable bonds is 3. The van der Waals surface area contributed by atoms with Crippen LogP contribution in [0.15, 0.2) is 30.3 Å². The molecule has 0 fully saturated rings. The zero-order valence-corrected chi connectivity index (χ0v) is 10.4. The van der Waals surface area contributed by atoms with Crippen molar-refractivity contribution in [2.24, 2.45) is 0 Å². The van der Waals surface area contributed by atoms with Crippen LogP contribution in [0.5, 0.6) is 5.75 Å². The molecular weight excluding hydrogens is 236 g/mol. The van der Waals surface area contributed by atoms with E-state index in [4.69, 9.17) is 9.84 Å². The molecular formula is C13H12O3S. The maximum Gasteiger partial charge on any atom is 0.336 e. The van der Waals surface area contributed by atoms with Gasteiger partial charge in [0, 0.05) is 9.75 Å². The van der Waals surface area contributed by atoms with E-state index in [0.29, 0.717) is 5.56 Å². The fraction of sp³-hybridized carbons (Fsp3) is 0.154. The van der Waals surface area contributed by atoms with Crippen LogP contribution in [0.25, 0.3) is 10.4 Å². The van der Waals surface area contributed by atoms with Gasteiger partial charge >= 0.3 is 5.97 Å². The molecule has 1 aromatic heterocycles. The molecule has 0 saturated carbocycles. The third-order valence-electron chi connectivity index (χ3n) is 2.50. The Morgan fingerprint density at radius 1 is 1.35 bits per heavy atom. The van der Waals surface area contributed by atoms with E-state index >= 15 is 0 Å². The second-order valence-corrected chi connectivity index (χ2v) is 4.87. The summed E-state index contributed by atoms with van der Waals surface area (Å²) in [7, 11) is 1.61. The monoisotopic (exact) mass is 248 g/mol. The second-order valence-electron chi connectivity index (χ2n) is 3.62. The molecule has 4 heteroatoms. The first-order valence-electron chi connectivity index (χ1n) is 5.10. The van der Waals surface area contributed by atoms with Crippen molar-refractivity contribution in [2.45, 2.75) is 6.92 Å². The Kier molecular flexibility index (Phi) is 3.15. The number of thiophene rings is 1. The van der Waals surface area contributed by atoms with Gasteiger partial charge in [-0.2, -0.15) is 0 Å². The quantitative estimate of drug-likeness (QED) is 0.905. The van der Waals surface area contributed by atoms with Gasteiger partial charge in [0.1, 0.15) is 5.75 Å². The lowest BCUT2D eigenvalue weighted by Gasteiger charge is -2.01. The summed E-state index contributed by atoms with van der Waals surface area (Å²) in [6.45, 7) is 1.82. The fourth-order valence-electron chi connectivity index (χ4n) is 1.61. The SMILES string of the molecule is COc1cccc(-c2cc(C(=O)O)c(C)s2)c1. The number of carbonyl (C=O) groups is 1. The van der Waals surface area contributed by atoms with Gasteiger partial charge in [0.15, 0.2) is 0 Å². The Bertz CT molecular complexity index is 558. The molecule has 0 aliphatic carbocycles. The Morgan fingerprint density at radius 3 is 2.71 bits per heavy atom. The molecule has 0 bridgehead atoms. The predicted octanol–water partition coefficient (Wildman–Crippen LogP) is 3.43. The Labute approximate surface area is 103 Å². The summed E-state index contributed by atoms with van der Waals surface area (Å²) in [5.41, 5.74) is 1.35. The lowest BCUT2D eigenvalue weighted by molar-refractivity contribution is 0.0697. The number of hydrogen-bond donors (Lipinski definition) is 1. The van der Waals surface area contributed by atoms with Crippen LogP contribution in [0.3, 0.4) is 0 Å². The van der Waals surface area contributed by atoms with Crippen LogP contribution in [0.1, 0.15) is 15.2 Å². The van der Waals surface area contributed by atoms with Crippen molar-refractivity contribution in [3.05, 3.63) is 40.8 Å². The van der Waals surface area contributed by atoms with E-state index in [1.807, 2.05) is 31.2 Å². The maximum atomic E-state index is 11.0. The average molecular weight is 248 g/mol. The number of aryl methyl sites for hydroxylation is 1. The summed E-state index contributed by atoms with van der Waals surface area (Å²) >= 11 is 1.48. The average Bonchev–Trinajstić information content (AvgIpc) is 2.71. The summed E-state index contributed by atoms with van der Waals surface area (Å²) in [6.07, 6.45) is 0. The van der Waals surface area contributed by atoms with Crippen LogP contribution in [0.4, 0.5) is 0 Å². The molecule has 2 rings (SSSR count). The Morgan fingerprint density at radius 2 is 2.12 bits per heavy atom. The van der Waals surface area contributed by atoms with E-state index in [9.17, 15) is 4.79 Å². The molecule has 0 amide bonds. The lowest BCUT2D eigenvalue weighted by Crippen LogP contribution is -1.94. The standard InChI is InChI=1S/C13H12O3S/c1-8-11(13(14)15)7-12(17-8)9-4-3-5-10(6-9)16-2/h3-7H,1-2H3,(H,14,15). The topological polar surface area (TPSA) is 46.5 Å². The van der Waals surface area contributed by atoms with Crippen molar-refractivity contribution in [1.82, 2.24) is 0 Å². The van der Waals surface area contributed by atoms with Crippen LogP contribution >= 0.6 is 11.3 Å². The highest BCUT2D eigenvalue weighted by atomic mass is 32.1. The van der Waals surface area contributed by atoms with Crippen molar-refractivity contribution >= 4 is 17.3 Å². The molecule has 3 nitrogen and oxygen atoms in total. The molecule has 17 heavy (non-hydrogen) atoms. The molecule has 1 N–H and O–H groups in total. The molecule has 0 unspecified atom stereocenters. The van der Waals surface area contributed by atoms with Crippen molar-refractivity contribution in [2.75, 3.05) is 7.11 Å². The van der Waals surface area contributed by atoms with E-state index in [-0.39, 0.29) is 0 Å². The minimum absolute atomic E-state index is 0.368. The molecule has 2 aromatic rings. The zero-order chi connectivity index (χ0) is 12.4. The summed E-state index contributed by atoms with van der Waals surface area (Å²) in [4.78, 5) is 12.7. The first kappa shape index (κ1) is 11.7. The van der Waals surface area contributed by atoms with Gasteiger partial charge in [-0.05, 0) is 30.7 Å². The first-order valence-corrected chi connectivity index (χ1v) is 5.91. The van der Waals surface area contributed by atoms with Crippen LogP contribution in [-0.4, -0.2) is 18.2 Å². The lowest BCUT2D eigenvalue weighted by atomic mass is 10.1. The minimum atomic E-state index is -0.882. The Balaban J connectivity index is 2.46. The van der Waals surface area contributed by atoms with Gasteiger partial charge in [0.2, 0.25) is 0 Å². The first-order chi connectivity index (χ1) is 8.11. The molecule has 0 spiro atoms. The predicted molar refractivity (Wildman–Crippen MR) is 68.0 cm³/mol. The van der Waals surface area contributed by atoms with Crippen molar-refractivity contribution in [3.63, 3.8) is 0 Å². The number of hydrogen-bond acceptors (Lipinski definition) is 3. The zero-order valence-electron chi connectivity index (χ0n) is 9.56. The van der Waals surface area contributed by atoms with Gasteiger partial charge in [-0.25, -0.2) is 4.79 Å². The third kappa shape index (κ3) is 2.31. The van der Waals surface area contributed by atoms with Crippen LogP contribution in [-0.2, 0) is 0 Å². The highest BCUT2D eigenvalue weighted by molar-refractivity contribution is 7.15. The normalized spacial score (nSPS) is 10.2. The number of methoxy groups -OCH3 is 1. The van der Waals surface area contributed by atoms with Crippen LogP contribution < -0.4 is 4.74 Å². The van der Waals surface area contributed by atoms with Crippen molar-refractivity contribution < 1.29 is 14.6 Å². The van der Waals surface area contributed by atoms with Gasteiger partial charge in [-0.3, -0.25) is 0 Å². The van der Waals surface area contributed by atoms with Crippen LogP contribution in [0.2, 0.25) is 0 Å². The molecule has 88 valence electrons. The summed E-state index contributed by atoms with van der Waals surface area (Å²) < 4.78 is 5.15. The van der Waals surface area contributed by atoms with Gasteiger partial charge < -0.3 is 9.84 Å². The highest BCUT2D eigenvalue weighted by Crippen LogP contribution is 2.32. The van der Waals surface area contributed by atoms with E-state index < -0.39 is 5.97 Å². The van der Waals surface area contributed by atoms with Gasteiger partial charge in [-0.1, -0.05) is 12.1 Å². The molecule has 1 aromatic carbocycles. The summed E-state index contributed by atoms with van der Waals surface area (Å²) in [5, 5.41) is 9.01. The largest absolute Gasteiger partial charge is 0.497 e. The van der Waals surface area contributed by atoms with E-state index in [0.717, 1.165) is 21.1 Å². The molecule has 0 saturated heterocycles. The minimum Gasteiger partial charge on any atom is -0.497 e. The van der Waals surface area contributed by atoms with E-state index in [2.05, 4.69) is 0 Å². The Hall–Kier alpha value is -1.81. The van der Waals surface area contributed by atoms with Crippen molar-refractivity contribution in [1.29, 1.82) is 0 Å². The van der Waals surface area contributed by atoms with Crippen LogP contribution in [0, 0.1) is 6.92 Å². The van der Waals surface area contributed by atoms with E-state index in [1.165, 1.54) is 11.3 Å². The van der Waals surface area contributed by atoms with Gasteiger partial charge in [0.25, 0.3) is 0 Å². The smallest absolute Gasteiger partial charge is 0.336 e. The van der Waals surface area contributed by atoms with E-state index in [1.54, 1.807) is 13.2 Å². The van der Waals surface area contributed by atoms with Crippen molar-refractivity contribution in [3.8, 4) is 16.2 Å². The molecule has 0 aliphatic rings. The fourth-order valence-corrected chi connectivity index (χ4v) is 2.62.